The van der Waals surface area contributed by atoms with Crippen molar-refractivity contribution in [2.24, 2.45) is 0 Å². The maximum atomic E-state index is 13.2. The number of hydrogen-bond donors (Lipinski definition) is 2. The number of carbonyl (C=O) groups is 3. The molecule has 1 aliphatic rings. The van der Waals surface area contributed by atoms with Crippen LogP contribution < -0.4 is 0 Å². The van der Waals surface area contributed by atoms with Crippen molar-refractivity contribution in [1.29, 1.82) is 0 Å². The molecule has 6 nitrogen and oxygen atoms in total. The first-order chi connectivity index (χ1) is 15.8. The van der Waals surface area contributed by atoms with Gasteiger partial charge in [0.2, 0.25) is 0 Å². The van der Waals surface area contributed by atoms with Crippen LogP contribution in [0.5, 0.6) is 11.5 Å². The number of ketones is 2. The monoisotopic (exact) mass is 442 g/mol. The first-order valence-electron chi connectivity index (χ1n) is 10.5. The zero-order valence-electron chi connectivity index (χ0n) is 18.2. The lowest BCUT2D eigenvalue weighted by Gasteiger charge is -2.24. The zero-order valence-corrected chi connectivity index (χ0v) is 18.2. The molecule has 0 spiro atoms. The van der Waals surface area contributed by atoms with Crippen molar-refractivity contribution in [3.63, 3.8) is 0 Å². The number of fused-ring (bicyclic) bond motifs is 2. The fourth-order valence-corrected chi connectivity index (χ4v) is 3.90. The second kappa shape index (κ2) is 8.74. The Morgan fingerprint density at radius 2 is 1.61 bits per heavy atom. The zero-order chi connectivity index (χ0) is 23.7. The molecule has 0 heterocycles. The highest BCUT2D eigenvalue weighted by Gasteiger charge is 2.36. The highest BCUT2D eigenvalue weighted by atomic mass is 16.5. The quantitative estimate of drug-likeness (QED) is 0.322. The van der Waals surface area contributed by atoms with E-state index in [0.29, 0.717) is 10.9 Å². The van der Waals surface area contributed by atoms with Crippen LogP contribution in [0, 0.1) is 0 Å². The third-order valence-electron chi connectivity index (χ3n) is 5.53. The van der Waals surface area contributed by atoms with Gasteiger partial charge in [0.25, 0.3) is 0 Å². The Bertz CT molecular complexity index is 1350. The fraction of sp³-hybridized carbons (Fsp3) is 0.148. The predicted molar refractivity (Wildman–Crippen MR) is 124 cm³/mol. The van der Waals surface area contributed by atoms with Crippen LogP contribution in [0.1, 0.15) is 51.3 Å². The van der Waals surface area contributed by atoms with E-state index in [9.17, 15) is 24.6 Å². The molecule has 0 radical (unpaired) electrons. The van der Waals surface area contributed by atoms with Gasteiger partial charge in [-0.25, -0.2) is 4.79 Å². The molecule has 6 heteroatoms. The molecular formula is C27H22O6. The predicted octanol–water partition coefficient (Wildman–Crippen LogP) is 5.14. The van der Waals surface area contributed by atoms with Gasteiger partial charge in [0, 0.05) is 12.0 Å². The molecule has 1 aliphatic carbocycles. The number of benzene rings is 3. The smallest absolute Gasteiger partial charge is 0.339 e. The van der Waals surface area contributed by atoms with Crippen molar-refractivity contribution in [2.45, 2.75) is 26.4 Å². The average molecular weight is 442 g/mol. The molecule has 0 unspecified atom stereocenters. The van der Waals surface area contributed by atoms with Crippen LogP contribution >= 0.6 is 0 Å². The van der Waals surface area contributed by atoms with Crippen LogP contribution in [0.15, 0.2) is 77.9 Å². The normalized spacial score (nSPS) is 13.8. The minimum atomic E-state index is -1.06. The van der Waals surface area contributed by atoms with Gasteiger partial charge in [-0.3, -0.25) is 9.59 Å². The lowest BCUT2D eigenvalue weighted by Crippen LogP contribution is -2.29. The van der Waals surface area contributed by atoms with E-state index in [2.05, 4.69) is 0 Å². The van der Waals surface area contributed by atoms with E-state index in [0.717, 1.165) is 29.2 Å². The maximum Gasteiger partial charge on any atom is 0.339 e. The van der Waals surface area contributed by atoms with Gasteiger partial charge >= 0.3 is 5.97 Å². The standard InChI is InChI=1S/C27H22O6/c1-15(2)10-13-23(33-27(32)18-9-5-7-16-6-3-4-8-17(16)18)19-14-22(30)24-20(28)11-12-21(29)25(24)26(19)31/h3-12,14,23,28-29H,13H2,1-2H3/t23-/m1/s1. The van der Waals surface area contributed by atoms with Gasteiger partial charge in [-0.15, -0.1) is 0 Å². The summed E-state index contributed by atoms with van der Waals surface area (Å²) >= 11 is 0. The molecule has 166 valence electrons. The lowest BCUT2D eigenvalue weighted by atomic mass is 9.85. The van der Waals surface area contributed by atoms with Crippen molar-refractivity contribution in [3.8, 4) is 11.5 Å². The molecule has 3 aromatic carbocycles. The van der Waals surface area contributed by atoms with Crippen LogP contribution in [-0.4, -0.2) is 33.9 Å². The SMILES string of the molecule is CC(C)=CC[C@@H](OC(=O)c1cccc2ccccc12)C1=CC(=O)c2c(O)ccc(O)c2C1=O. The van der Waals surface area contributed by atoms with Crippen LogP contribution in [0.25, 0.3) is 10.8 Å². The molecule has 0 bridgehead atoms. The number of Topliss-reactive ketones (excluding diaryl/α,β-unsaturated/α-hetero) is 1. The molecule has 2 N–H and O–H groups in total. The van der Waals surface area contributed by atoms with Gasteiger partial charge in [0.05, 0.1) is 16.7 Å². The minimum absolute atomic E-state index is 0.0560. The van der Waals surface area contributed by atoms with Gasteiger partial charge in [-0.1, -0.05) is 48.0 Å². The fourth-order valence-electron chi connectivity index (χ4n) is 3.90. The second-order valence-corrected chi connectivity index (χ2v) is 8.08. The third-order valence-corrected chi connectivity index (χ3v) is 5.53. The topological polar surface area (TPSA) is 101 Å². The first-order valence-corrected chi connectivity index (χ1v) is 10.5. The van der Waals surface area contributed by atoms with Gasteiger partial charge in [-0.2, -0.15) is 0 Å². The molecule has 0 fully saturated rings. The van der Waals surface area contributed by atoms with E-state index in [1.807, 2.05) is 44.2 Å². The summed E-state index contributed by atoms with van der Waals surface area (Å²) < 4.78 is 5.77. The molecule has 1 atom stereocenters. The molecular weight excluding hydrogens is 420 g/mol. The van der Waals surface area contributed by atoms with E-state index in [1.165, 1.54) is 0 Å². The third kappa shape index (κ3) is 4.15. The second-order valence-electron chi connectivity index (χ2n) is 8.08. The Hall–Kier alpha value is -4.19. The number of rotatable bonds is 5. The highest BCUT2D eigenvalue weighted by molar-refractivity contribution is 6.27. The number of ether oxygens (including phenoxy) is 1. The van der Waals surface area contributed by atoms with Crippen molar-refractivity contribution in [2.75, 3.05) is 0 Å². The molecule has 0 aromatic heterocycles. The summed E-state index contributed by atoms with van der Waals surface area (Å²) in [6.45, 7) is 3.73. The highest BCUT2D eigenvalue weighted by Crippen LogP contribution is 2.36. The van der Waals surface area contributed by atoms with E-state index < -0.39 is 35.1 Å². The van der Waals surface area contributed by atoms with Crippen molar-refractivity contribution in [1.82, 2.24) is 0 Å². The number of phenols is 2. The summed E-state index contributed by atoms with van der Waals surface area (Å²) in [6, 6.07) is 14.9. The Labute approximate surface area is 190 Å². The summed E-state index contributed by atoms with van der Waals surface area (Å²) in [6.07, 6.45) is 1.98. The molecule has 0 saturated carbocycles. The number of phenolic OH excluding ortho intramolecular Hbond substituents is 2. The van der Waals surface area contributed by atoms with Crippen LogP contribution in [0.4, 0.5) is 0 Å². The average Bonchev–Trinajstić information content (AvgIpc) is 2.80. The van der Waals surface area contributed by atoms with E-state index in [-0.39, 0.29) is 23.1 Å². The molecule has 4 rings (SSSR count). The largest absolute Gasteiger partial charge is 0.507 e. The van der Waals surface area contributed by atoms with Crippen molar-refractivity contribution >= 4 is 28.3 Å². The van der Waals surface area contributed by atoms with E-state index in [1.54, 1.807) is 18.2 Å². The molecule has 0 saturated heterocycles. The van der Waals surface area contributed by atoms with E-state index in [4.69, 9.17) is 4.74 Å². The van der Waals surface area contributed by atoms with Gasteiger partial charge in [0.15, 0.2) is 11.6 Å². The Balaban J connectivity index is 1.75. The van der Waals surface area contributed by atoms with Gasteiger partial charge in [0.1, 0.15) is 17.6 Å². The van der Waals surface area contributed by atoms with Crippen LogP contribution in [0.3, 0.4) is 0 Å². The van der Waals surface area contributed by atoms with Gasteiger partial charge < -0.3 is 14.9 Å². The number of carbonyl (C=O) groups excluding carboxylic acids is 3. The Kier molecular flexibility index (Phi) is 5.84. The Morgan fingerprint density at radius 1 is 0.939 bits per heavy atom. The summed E-state index contributed by atoms with van der Waals surface area (Å²) in [5, 5.41) is 21.9. The molecule has 3 aromatic rings. The molecule has 0 aliphatic heterocycles. The Morgan fingerprint density at radius 3 is 2.33 bits per heavy atom. The van der Waals surface area contributed by atoms with Crippen LogP contribution in [-0.2, 0) is 4.74 Å². The lowest BCUT2D eigenvalue weighted by molar-refractivity contribution is 0.0375. The summed E-state index contributed by atoms with van der Waals surface area (Å²) in [7, 11) is 0. The van der Waals surface area contributed by atoms with E-state index >= 15 is 0 Å². The summed E-state index contributed by atoms with van der Waals surface area (Å²) in [5.74, 6) is -2.77. The van der Waals surface area contributed by atoms with Gasteiger partial charge in [-0.05, 0) is 48.9 Å². The summed E-state index contributed by atoms with van der Waals surface area (Å²) in [5.41, 5.74) is 0.675. The summed E-state index contributed by atoms with van der Waals surface area (Å²) in [4.78, 5) is 39.1. The van der Waals surface area contributed by atoms with Crippen LogP contribution in [0.2, 0.25) is 0 Å². The van der Waals surface area contributed by atoms with Crippen molar-refractivity contribution < 1.29 is 29.3 Å². The number of aromatic hydroxyl groups is 2. The molecule has 0 amide bonds. The maximum absolute atomic E-state index is 13.2. The number of hydrogen-bond acceptors (Lipinski definition) is 6. The number of allylic oxidation sites excluding steroid dienone is 2. The minimum Gasteiger partial charge on any atom is -0.507 e. The number of esters is 1. The first kappa shape index (κ1) is 22.0. The van der Waals surface area contributed by atoms with Crippen molar-refractivity contribution in [3.05, 3.63) is 94.6 Å². The molecule has 33 heavy (non-hydrogen) atoms.